The standard InChI is InChI=1S/C15H22N4O.C7H6F2O/c1-10(2)9-13(20)18-15(7-8-15)12-5-3-11(4-6-12)14(16)19-17;8-6-2-1-5(4-10)3-7(6)9/h3-6,10H,7-9,17H2,1-2H3,(H2,16,19)(H,18,20);1-3,10H,4H2. The van der Waals surface area contributed by atoms with Gasteiger partial charge in [-0.15, -0.1) is 0 Å². The minimum absolute atomic E-state index is 0.115. The third kappa shape index (κ3) is 6.25. The zero-order chi connectivity index (χ0) is 22.3. The van der Waals surface area contributed by atoms with Crippen molar-refractivity contribution < 1.29 is 18.7 Å². The summed E-state index contributed by atoms with van der Waals surface area (Å²) >= 11 is 0. The Hall–Kier alpha value is -3.00. The van der Waals surface area contributed by atoms with Crippen molar-refractivity contribution in [3.8, 4) is 0 Å². The molecule has 2 aromatic rings. The highest BCUT2D eigenvalue weighted by molar-refractivity contribution is 5.97. The summed E-state index contributed by atoms with van der Waals surface area (Å²) < 4.78 is 24.5. The highest BCUT2D eigenvalue weighted by Gasteiger charge is 2.45. The Kier molecular flexibility index (Phi) is 7.88. The molecule has 6 nitrogen and oxygen atoms in total. The maximum absolute atomic E-state index is 12.3. The second kappa shape index (κ2) is 10.2. The summed E-state index contributed by atoms with van der Waals surface area (Å²) in [5.74, 6) is 4.14. The molecule has 0 unspecified atom stereocenters. The first-order valence-electron chi connectivity index (χ1n) is 9.71. The smallest absolute Gasteiger partial charge is 0.220 e. The number of carbonyl (C=O) groups excluding carboxylic acids is 1. The number of nitrogens with one attached hydrogen (secondary N) is 1. The zero-order valence-electron chi connectivity index (χ0n) is 17.2. The number of halogens is 2. The Morgan fingerprint density at radius 3 is 2.27 bits per heavy atom. The summed E-state index contributed by atoms with van der Waals surface area (Å²) in [6.45, 7) is 3.82. The third-order valence-corrected chi connectivity index (χ3v) is 4.76. The van der Waals surface area contributed by atoms with Crippen LogP contribution in [0.5, 0.6) is 0 Å². The van der Waals surface area contributed by atoms with Crippen molar-refractivity contribution in [1.82, 2.24) is 5.32 Å². The zero-order valence-corrected chi connectivity index (χ0v) is 17.2. The van der Waals surface area contributed by atoms with E-state index in [0.717, 1.165) is 36.1 Å². The van der Waals surface area contributed by atoms with Gasteiger partial charge in [0.2, 0.25) is 5.91 Å². The van der Waals surface area contributed by atoms with Crippen molar-refractivity contribution in [3.63, 3.8) is 0 Å². The molecule has 1 fully saturated rings. The molecular formula is C22H28F2N4O2. The first kappa shape index (κ1) is 23.3. The number of carbonyl (C=O) groups is 1. The molecule has 8 heteroatoms. The average Bonchev–Trinajstić information content (AvgIpc) is 3.49. The number of hydrogen-bond acceptors (Lipinski definition) is 4. The van der Waals surface area contributed by atoms with Gasteiger partial charge in [-0.05, 0) is 42.0 Å². The molecule has 0 saturated heterocycles. The Balaban J connectivity index is 0.000000269. The predicted molar refractivity (Wildman–Crippen MR) is 112 cm³/mol. The van der Waals surface area contributed by atoms with Crippen molar-refractivity contribution in [2.45, 2.75) is 45.3 Å². The van der Waals surface area contributed by atoms with Crippen LogP contribution in [-0.2, 0) is 16.9 Å². The molecule has 1 aliphatic rings. The number of amides is 1. The van der Waals surface area contributed by atoms with E-state index in [0.29, 0.717) is 23.7 Å². The van der Waals surface area contributed by atoms with Gasteiger partial charge in [-0.25, -0.2) is 8.78 Å². The van der Waals surface area contributed by atoms with Crippen LogP contribution in [0.15, 0.2) is 47.6 Å². The molecule has 0 aliphatic heterocycles. The van der Waals surface area contributed by atoms with Gasteiger partial charge in [0.15, 0.2) is 11.6 Å². The van der Waals surface area contributed by atoms with Gasteiger partial charge < -0.3 is 22.0 Å². The summed E-state index contributed by atoms with van der Waals surface area (Å²) in [6.07, 6.45) is 2.53. The maximum atomic E-state index is 12.3. The quantitative estimate of drug-likeness (QED) is 0.250. The van der Waals surface area contributed by atoms with E-state index in [1.165, 1.54) is 6.07 Å². The lowest BCUT2D eigenvalue weighted by Gasteiger charge is -2.19. The SMILES string of the molecule is CC(C)CC(=O)NC1(c2ccc(/C(N)=N/N)cc2)CC1.OCc1ccc(F)c(F)c1. The fourth-order valence-electron chi connectivity index (χ4n) is 2.97. The van der Waals surface area contributed by atoms with Crippen molar-refractivity contribution in [3.05, 3.63) is 70.8 Å². The van der Waals surface area contributed by atoms with E-state index in [1.807, 2.05) is 38.1 Å². The molecule has 2 aromatic carbocycles. The monoisotopic (exact) mass is 418 g/mol. The van der Waals surface area contributed by atoms with Crippen LogP contribution in [0, 0.1) is 17.6 Å². The van der Waals surface area contributed by atoms with Crippen LogP contribution < -0.4 is 16.9 Å². The first-order chi connectivity index (χ1) is 14.2. The molecule has 1 amide bonds. The van der Waals surface area contributed by atoms with Gasteiger partial charge in [0.1, 0.15) is 5.84 Å². The van der Waals surface area contributed by atoms with Crippen LogP contribution >= 0.6 is 0 Å². The summed E-state index contributed by atoms with van der Waals surface area (Å²) in [7, 11) is 0. The van der Waals surface area contributed by atoms with Crippen molar-refractivity contribution in [1.29, 1.82) is 0 Å². The Morgan fingerprint density at radius 1 is 1.17 bits per heavy atom. The van der Waals surface area contributed by atoms with E-state index in [-0.39, 0.29) is 18.1 Å². The second-order valence-corrected chi connectivity index (χ2v) is 7.73. The maximum Gasteiger partial charge on any atom is 0.220 e. The molecule has 0 heterocycles. The van der Waals surface area contributed by atoms with Crippen molar-refractivity contribution >= 4 is 11.7 Å². The molecule has 1 saturated carbocycles. The summed E-state index contributed by atoms with van der Waals surface area (Å²) in [5.41, 5.74) is 7.76. The fourth-order valence-corrected chi connectivity index (χ4v) is 2.97. The van der Waals surface area contributed by atoms with E-state index in [2.05, 4.69) is 10.4 Å². The van der Waals surface area contributed by atoms with Crippen LogP contribution in [0.1, 0.15) is 49.8 Å². The highest BCUT2D eigenvalue weighted by atomic mass is 19.2. The predicted octanol–water partition coefficient (Wildman–Crippen LogP) is 2.87. The Morgan fingerprint density at radius 2 is 1.80 bits per heavy atom. The van der Waals surface area contributed by atoms with Crippen LogP contribution in [0.3, 0.4) is 0 Å². The van der Waals surface area contributed by atoms with Gasteiger partial charge in [0, 0.05) is 12.0 Å². The van der Waals surface area contributed by atoms with Gasteiger partial charge in [-0.1, -0.05) is 44.2 Å². The van der Waals surface area contributed by atoms with Crippen LogP contribution in [-0.4, -0.2) is 16.8 Å². The van der Waals surface area contributed by atoms with Crippen LogP contribution in [0.25, 0.3) is 0 Å². The molecular weight excluding hydrogens is 390 g/mol. The molecule has 30 heavy (non-hydrogen) atoms. The summed E-state index contributed by atoms with van der Waals surface area (Å²) in [5, 5.41) is 15.1. The highest BCUT2D eigenvalue weighted by Crippen LogP contribution is 2.45. The summed E-state index contributed by atoms with van der Waals surface area (Å²) in [6, 6.07) is 11.0. The third-order valence-electron chi connectivity index (χ3n) is 4.76. The minimum atomic E-state index is -0.924. The number of hydrogen-bond donors (Lipinski definition) is 4. The lowest BCUT2D eigenvalue weighted by atomic mass is 10.0. The molecule has 3 rings (SSSR count). The number of amidine groups is 1. The van der Waals surface area contributed by atoms with E-state index < -0.39 is 11.6 Å². The van der Waals surface area contributed by atoms with E-state index in [9.17, 15) is 13.6 Å². The topological polar surface area (TPSA) is 114 Å². The van der Waals surface area contributed by atoms with E-state index in [4.69, 9.17) is 16.7 Å². The van der Waals surface area contributed by atoms with Crippen LogP contribution in [0.2, 0.25) is 0 Å². The number of aliphatic hydroxyl groups excluding tert-OH is 1. The number of hydrazone groups is 1. The van der Waals surface area contributed by atoms with Gasteiger partial charge >= 0.3 is 0 Å². The first-order valence-corrected chi connectivity index (χ1v) is 9.71. The average molecular weight is 418 g/mol. The second-order valence-electron chi connectivity index (χ2n) is 7.73. The van der Waals surface area contributed by atoms with Gasteiger partial charge in [0.05, 0.1) is 12.1 Å². The number of nitrogens with zero attached hydrogens (tertiary/aromatic N) is 1. The fraction of sp³-hybridized carbons (Fsp3) is 0.364. The number of rotatable bonds is 6. The molecule has 162 valence electrons. The summed E-state index contributed by atoms with van der Waals surface area (Å²) in [4.78, 5) is 11.9. The molecule has 0 radical (unpaired) electrons. The molecule has 0 spiro atoms. The molecule has 0 bridgehead atoms. The van der Waals surface area contributed by atoms with E-state index >= 15 is 0 Å². The van der Waals surface area contributed by atoms with Crippen molar-refractivity contribution in [2.24, 2.45) is 22.6 Å². The molecule has 0 atom stereocenters. The van der Waals surface area contributed by atoms with Gasteiger partial charge in [-0.2, -0.15) is 5.10 Å². The molecule has 1 aliphatic carbocycles. The van der Waals surface area contributed by atoms with Gasteiger partial charge in [0.25, 0.3) is 0 Å². The van der Waals surface area contributed by atoms with Crippen molar-refractivity contribution in [2.75, 3.05) is 0 Å². The largest absolute Gasteiger partial charge is 0.392 e. The Bertz CT molecular complexity index is 895. The molecule has 6 N–H and O–H groups in total. The minimum Gasteiger partial charge on any atom is -0.392 e. The number of aliphatic hydroxyl groups is 1. The molecule has 0 aromatic heterocycles. The van der Waals surface area contributed by atoms with Crippen LogP contribution in [0.4, 0.5) is 8.78 Å². The lowest BCUT2D eigenvalue weighted by Crippen LogP contribution is -2.35. The van der Waals surface area contributed by atoms with E-state index in [1.54, 1.807) is 0 Å². The number of benzene rings is 2. The number of nitrogens with two attached hydrogens (primary N) is 2. The lowest BCUT2D eigenvalue weighted by molar-refractivity contribution is -0.122. The normalized spacial score (nSPS) is 14.7. The van der Waals surface area contributed by atoms with Gasteiger partial charge in [-0.3, -0.25) is 4.79 Å². The Labute approximate surface area is 175 Å².